The Morgan fingerprint density at radius 2 is 1.74 bits per heavy atom. The zero-order chi connectivity index (χ0) is 16.8. The number of phenols is 1. The molecule has 2 aromatic carbocycles. The van der Waals surface area contributed by atoms with E-state index in [0.29, 0.717) is 17.7 Å². The third-order valence-corrected chi connectivity index (χ3v) is 3.18. The minimum atomic E-state index is -0.523. The number of carbonyl (C=O) groups is 1. The van der Waals surface area contributed by atoms with Crippen LogP contribution in [0.15, 0.2) is 47.5 Å². The molecule has 6 heteroatoms. The fraction of sp³-hybridized carbons (Fsp3) is 0.176. The highest BCUT2D eigenvalue weighted by atomic mass is 19.1. The van der Waals surface area contributed by atoms with Crippen LogP contribution in [0.1, 0.15) is 24.0 Å². The molecule has 120 valence electrons. The lowest BCUT2D eigenvalue weighted by Gasteiger charge is -2.10. The van der Waals surface area contributed by atoms with Gasteiger partial charge in [0, 0.05) is 24.1 Å². The van der Waals surface area contributed by atoms with Gasteiger partial charge in [0.15, 0.2) is 0 Å². The largest absolute Gasteiger partial charge is 0.507 e. The maximum atomic E-state index is 13.5. The van der Waals surface area contributed by atoms with E-state index < -0.39 is 17.5 Å². The van der Waals surface area contributed by atoms with Gasteiger partial charge in [-0.1, -0.05) is 0 Å². The van der Waals surface area contributed by atoms with E-state index in [1.54, 1.807) is 0 Å². The highest BCUT2D eigenvalue weighted by Gasteiger charge is 2.13. The van der Waals surface area contributed by atoms with Gasteiger partial charge in [0.1, 0.15) is 17.4 Å². The number of phenolic OH excluding ortho intramolecular Hbond substituents is 1. The van der Waals surface area contributed by atoms with Crippen LogP contribution in [0.5, 0.6) is 5.75 Å². The van der Waals surface area contributed by atoms with Gasteiger partial charge in [0.25, 0.3) is 0 Å². The third-order valence-electron chi connectivity index (χ3n) is 3.18. The first-order chi connectivity index (χ1) is 11.0. The van der Waals surface area contributed by atoms with Crippen molar-refractivity contribution in [2.75, 3.05) is 6.54 Å². The minimum absolute atomic E-state index is 0.135. The van der Waals surface area contributed by atoms with Crippen molar-refractivity contribution >= 4 is 11.6 Å². The Morgan fingerprint density at radius 1 is 1.09 bits per heavy atom. The van der Waals surface area contributed by atoms with Gasteiger partial charge in [-0.05, 0) is 48.9 Å². The Morgan fingerprint density at radius 3 is 2.39 bits per heavy atom. The van der Waals surface area contributed by atoms with Crippen LogP contribution in [0.3, 0.4) is 0 Å². The molecule has 2 aromatic rings. The van der Waals surface area contributed by atoms with E-state index in [9.17, 15) is 18.7 Å². The van der Waals surface area contributed by atoms with Crippen LogP contribution in [0.4, 0.5) is 8.78 Å². The van der Waals surface area contributed by atoms with Gasteiger partial charge in [-0.3, -0.25) is 9.79 Å². The molecule has 0 fully saturated rings. The van der Waals surface area contributed by atoms with Gasteiger partial charge in [0.2, 0.25) is 5.91 Å². The zero-order valence-corrected chi connectivity index (χ0v) is 12.3. The Bertz CT molecular complexity index is 728. The summed E-state index contributed by atoms with van der Waals surface area (Å²) in [5, 5.41) is 9.97. The minimum Gasteiger partial charge on any atom is -0.507 e. The molecule has 0 saturated heterocycles. The molecule has 0 aromatic heterocycles. The topological polar surface area (TPSA) is 75.7 Å². The predicted octanol–water partition coefficient (Wildman–Crippen LogP) is 2.77. The second-order valence-electron chi connectivity index (χ2n) is 4.97. The number of benzene rings is 2. The van der Waals surface area contributed by atoms with Crippen LogP contribution in [-0.2, 0) is 4.79 Å². The summed E-state index contributed by atoms with van der Waals surface area (Å²) in [6.45, 7) is 0.269. The maximum Gasteiger partial charge on any atom is 0.217 e. The molecule has 4 nitrogen and oxygen atoms in total. The molecule has 0 saturated carbocycles. The fourth-order valence-electron chi connectivity index (χ4n) is 2.08. The lowest BCUT2D eigenvalue weighted by molar-refractivity contribution is -0.118. The van der Waals surface area contributed by atoms with Crippen molar-refractivity contribution in [1.29, 1.82) is 0 Å². The summed E-state index contributed by atoms with van der Waals surface area (Å²) >= 11 is 0. The number of aromatic hydroxyl groups is 1. The molecule has 23 heavy (non-hydrogen) atoms. The molecule has 0 radical (unpaired) electrons. The Kier molecular flexibility index (Phi) is 5.41. The SMILES string of the molecule is NC(=O)CCCN=C(c1ccc(F)cc1)c1cc(F)ccc1O. The van der Waals surface area contributed by atoms with Crippen molar-refractivity contribution in [1.82, 2.24) is 0 Å². The van der Waals surface area contributed by atoms with Gasteiger partial charge in [0.05, 0.1) is 5.71 Å². The molecule has 1 amide bonds. The van der Waals surface area contributed by atoms with Crippen molar-refractivity contribution in [3.8, 4) is 5.75 Å². The Hall–Kier alpha value is -2.76. The van der Waals surface area contributed by atoms with Crippen LogP contribution in [0.2, 0.25) is 0 Å². The van der Waals surface area contributed by atoms with Crippen molar-refractivity contribution in [3.05, 3.63) is 65.2 Å². The average molecular weight is 318 g/mol. The molecule has 0 spiro atoms. The van der Waals surface area contributed by atoms with Crippen molar-refractivity contribution < 1.29 is 18.7 Å². The molecule has 0 unspecified atom stereocenters. The van der Waals surface area contributed by atoms with E-state index in [-0.39, 0.29) is 24.3 Å². The second kappa shape index (κ2) is 7.49. The molecule has 0 heterocycles. The zero-order valence-electron chi connectivity index (χ0n) is 12.3. The van der Waals surface area contributed by atoms with E-state index in [1.165, 1.54) is 30.3 Å². The molecule has 2 rings (SSSR count). The quantitative estimate of drug-likeness (QED) is 0.635. The summed E-state index contributed by atoms with van der Waals surface area (Å²) < 4.78 is 26.6. The van der Waals surface area contributed by atoms with E-state index in [2.05, 4.69) is 4.99 Å². The monoisotopic (exact) mass is 318 g/mol. The Labute approximate surface area is 132 Å². The molecule has 3 N–H and O–H groups in total. The van der Waals surface area contributed by atoms with Gasteiger partial charge >= 0.3 is 0 Å². The van der Waals surface area contributed by atoms with Gasteiger partial charge in [-0.25, -0.2) is 8.78 Å². The molecular weight excluding hydrogens is 302 g/mol. The summed E-state index contributed by atoms with van der Waals surface area (Å²) in [5.74, 6) is -1.50. The lowest BCUT2D eigenvalue weighted by atomic mass is 10.0. The van der Waals surface area contributed by atoms with E-state index >= 15 is 0 Å². The van der Waals surface area contributed by atoms with Crippen molar-refractivity contribution in [2.24, 2.45) is 10.7 Å². The van der Waals surface area contributed by atoms with Crippen LogP contribution in [0.25, 0.3) is 0 Å². The Balaban J connectivity index is 2.38. The number of nitrogens with zero attached hydrogens (tertiary/aromatic N) is 1. The average Bonchev–Trinajstić information content (AvgIpc) is 2.51. The highest BCUT2D eigenvalue weighted by Crippen LogP contribution is 2.22. The number of nitrogens with two attached hydrogens (primary N) is 1. The van der Waals surface area contributed by atoms with Gasteiger partial charge in [-0.2, -0.15) is 0 Å². The standard InChI is InChI=1S/C17H16F2N2O2/c18-12-5-3-11(4-6-12)17(21-9-1-2-16(20)23)14-10-13(19)7-8-15(14)22/h3-8,10,22H,1-2,9H2,(H2,20,23). The number of hydrogen-bond acceptors (Lipinski definition) is 3. The smallest absolute Gasteiger partial charge is 0.217 e. The number of hydrogen-bond donors (Lipinski definition) is 2. The van der Waals surface area contributed by atoms with E-state index in [0.717, 1.165) is 12.1 Å². The number of amides is 1. The van der Waals surface area contributed by atoms with Gasteiger partial charge in [-0.15, -0.1) is 0 Å². The molecule has 0 aliphatic rings. The number of halogens is 2. The molecule has 0 aliphatic carbocycles. The van der Waals surface area contributed by atoms with Gasteiger partial charge < -0.3 is 10.8 Å². The predicted molar refractivity (Wildman–Crippen MR) is 83.4 cm³/mol. The summed E-state index contributed by atoms with van der Waals surface area (Å²) in [7, 11) is 0. The van der Waals surface area contributed by atoms with Crippen LogP contribution in [-0.4, -0.2) is 23.3 Å². The normalized spacial score (nSPS) is 11.5. The summed E-state index contributed by atoms with van der Waals surface area (Å²) in [5.41, 5.74) is 6.14. The number of carbonyl (C=O) groups excluding carboxylic acids is 1. The molecule has 0 aliphatic heterocycles. The number of rotatable bonds is 6. The first kappa shape index (κ1) is 16.6. The maximum absolute atomic E-state index is 13.5. The summed E-state index contributed by atoms with van der Waals surface area (Å²) in [6.07, 6.45) is 0.603. The first-order valence-electron chi connectivity index (χ1n) is 7.05. The van der Waals surface area contributed by atoms with Crippen LogP contribution < -0.4 is 5.73 Å². The summed E-state index contributed by atoms with van der Waals surface area (Å²) in [4.78, 5) is 15.1. The molecular formula is C17H16F2N2O2. The third kappa shape index (κ3) is 4.60. The van der Waals surface area contributed by atoms with E-state index in [4.69, 9.17) is 5.73 Å². The molecule has 0 bridgehead atoms. The molecule has 0 atom stereocenters. The fourth-order valence-corrected chi connectivity index (χ4v) is 2.08. The summed E-state index contributed by atoms with van der Waals surface area (Å²) in [6, 6.07) is 9.02. The van der Waals surface area contributed by atoms with Crippen LogP contribution in [0, 0.1) is 11.6 Å². The first-order valence-corrected chi connectivity index (χ1v) is 7.05. The van der Waals surface area contributed by atoms with Crippen LogP contribution >= 0.6 is 0 Å². The second-order valence-corrected chi connectivity index (χ2v) is 4.97. The van der Waals surface area contributed by atoms with Crippen molar-refractivity contribution in [3.63, 3.8) is 0 Å². The highest BCUT2D eigenvalue weighted by molar-refractivity contribution is 6.14. The number of aliphatic imine (C=N–C) groups is 1. The number of primary amides is 1. The lowest BCUT2D eigenvalue weighted by Crippen LogP contribution is -2.11. The van der Waals surface area contributed by atoms with Crippen molar-refractivity contribution in [2.45, 2.75) is 12.8 Å². The van der Waals surface area contributed by atoms with E-state index in [1.807, 2.05) is 0 Å².